The fourth-order valence-electron chi connectivity index (χ4n) is 3.96. The quantitative estimate of drug-likeness (QED) is 0.434. The van der Waals surface area contributed by atoms with E-state index >= 15 is 0 Å². The second-order valence-corrected chi connectivity index (χ2v) is 7.97. The molecule has 1 aliphatic rings. The average Bonchev–Trinajstić information content (AvgIpc) is 3.17. The van der Waals surface area contributed by atoms with E-state index < -0.39 is 11.7 Å². The SMILES string of the molecule is Cc1cc(-c2ncc3cc(C(F)(F)F)ccc3n2)ccc1N1CCOc2cn(CC#N)nc2C1=O. The summed E-state index contributed by atoms with van der Waals surface area (Å²) in [6, 6.07) is 10.6. The first-order valence-electron chi connectivity index (χ1n) is 10.6. The van der Waals surface area contributed by atoms with Gasteiger partial charge in [0, 0.05) is 22.8 Å². The lowest BCUT2D eigenvalue weighted by molar-refractivity contribution is -0.137. The molecule has 4 aromatic rings. The number of carbonyl (C=O) groups is 1. The zero-order valence-electron chi connectivity index (χ0n) is 18.4. The minimum atomic E-state index is -4.44. The van der Waals surface area contributed by atoms with Crippen molar-refractivity contribution in [1.29, 1.82) is 5.26 Å². The molecule has 0 spiro atoms. The van der Waals surface area contributed by atoms with Gasteiger partial charge in [-0.3, -0.25) is 9.48 Å². The Bertz CT molecular complexity index is 1510. The van der Waals surface area contributed by atoms with Gasteiger partial charge in [0.15, 0.2) is 17.3 Å². The Balaban J connectivity index is 1.45. The van der Waals surface area contributed by atoms with E-state index in [0.717, 1.165) is 17.7 Å². The first kappa shape index (κ1) is 22.3. The molecular formula is C24H17F3N6O2. The molecular weight excluding hydrogens is 461 g/mol. The molecule has 0 fully saturated rings. The van der Waals surface area contributed by atoms with E-state index in [1.807, 2.05) is 19.1 Å². The van der Waals surface area contributed by atoms with Gasteiger partial charge in [0.1, 0.15) is 13.2 Å². The summed E-state index contributed by atoms with van der Waals surface area (Å²) in [4.78, 5) is 23.4. The van der Waals surface area contributed by atoms with Crippen molar-refractivity contribution in [3.05, 3.63) is 65.6 Å². The largest absolute Gasteiger partial charge is 0.488 e. The van der Waals surface area contributed by atoms with Crippen molar-refractivity contribution in [2.75, 3.05) is 18.1 Å². The van der Waals surface area contributed by atoms with E-state index in [1.165, 1.54) is 23.1 Å². The van der Waals surface area contributed by atoms with Crippen LogP contribution in [0, 0.1) is 18.3 Å². The molecule has 0 N–H and O–H groups in total. The maximum absolute atomic E-state index is 13.2. The fraction of sp³-hybridized carbons (Fsp3) is 0.208. The Kier molecular flexibility index (Phi) is 5.36. The molecule has 3 heterocycles. The van der Waals surface area contributed by atoms with E-state index in [1.54, 1.807) is 17.0 Å². The Hall–Kier alpha value is -4.46. The van der Waals surface area contributed by atoms with Crippen molar-refractivity contribution in [2.45, 2.75) is 19.6 Å². The summed E-state index contributed by atoms with van der Waals surface area (Å²) >= 11 is 0. The van der Waals surface area contributed by atoms with Crippen LogP contribution in [0.25, 0.3) is 22.3 Å². The third-order valence-corrected chi connectivity index (χ3v) is 5.63. The number of aromatic nitrogens is 4. The maximum Gasteiger partial charge on any atom is 0.416 e. The zero-order chi connectivity index (χ0) is 24.7. The first-order valence-corrected chi connectivity index (χ1v) is 10.6. The van der Waals surface area contributed by atoms with Crippen LogP contribution in [0.15, 0.2) is 48.8 Å². The number of hydrogen-bond acceptors (Lipinski definition) is 6. The van der Waals surface area contributed by atoms with Crippen LogP contribution in [0.3, 0.4) is 0 Å². The summed E-state index contributed by atoms with van der Waals surface area (Å²) in [6.07, 6.45) is -1.54. The van der Waals surface area contributed by atoms with Gasteiger partial charge in [-0.25, -0.2) is 9.97 Å². The number of rotatable bonds is 3. The van der Waals surface area contributed by atoms with Gasteiger partial charge in [0.05, 0.1) is 29.9 Å². The molecule has 0 aliphatic carbocycles. The van der Waals surface area contributed by atoms with Crippen molar-refractivity contribution >= 4 is 22.5 Å². The van der Waals surface area contributed by atoms with Gasteiger partial charge in [-0.15, -0.1) is 0 Å². The van der Waals surface area contributed by atoms with Crippen molar-refractivity contribution in [2.24, 2.45) is 0 Å². The van der Waals surface area contributed by atoms with Crippen molar-refractivity contribution in [3.8, 4) is 23.2 Å². The summed E-state index contributed by atoms with van der Waals surface area (Å²) in [6.45, 7) is 2.40. The number of hydrogen-bond donors (Lipinski definition) is 0. The van der Waals surface area contributed by atoms with Crippen LogP contribution >= 0.6 is 0 Å². The molecule has 1 aliphatic heterocycles. The number of aryl methyl sites for hydroxylation is 1. The lowest BCUT2D eigenvalue weighted by Crippen LogP contribution is -2.33. The van der Waals surface area contributed by atoms with Gasteiger partial charge in [-0.05, 0) is 48.9 Å². The summed E-state index contributed by atoms with van der Waals surface area (Å²) in [5, 5.41) is 13.4. The molecule has 8 nitrogen and oxygen atoms in total. The summed E-state index contributed by atoms with van der Waals surface area (Å²) in [7, 11) is 0. The molecule has 5 rings (SSSR count). The predicted molar refractivity (Wildman–Crippen MR) is 120 cm³/mol. The van der Waals surface area contributed by atoms with E-state index in [4.69, 9.17) is 10.00 Å². The van der Waals surface area contributed by atoms with Gasteiger partial charge in [-0.2, -0.15) is 23.5 Å². The zero-order valence-corrected chi connectivity index (χ0v) is 18.4. The number of alkyl halides is 3. The van der Waals surface area contributed by atoms with Crippen LogP contribution in [0.2, 0.25) is 0 Å². The lowest BCUT2D eigenvalue weighted by Gasteiger charge is -2.22. The van der Waals surface area contributed by atoms with E-state index in [9.17, 15) is 18.0 Å². The third kappa shape index (κ3) is 4.14. The maximum atomic E-state index is 13.2. The molecule has 176 valence electrons. The number of ether oxygens (including phenoxy) is 1. The Morgan fingerprint density at radius 1 is 1.20 bits per heavy atom. The highest BCUT2D eigenvalue weighted by Crippen LogP contribution is 2.33. The fourth-order valence-corrected chi connectivity index (χ4v) is 3.96. The van der Waals surface area contributed by atoms with Gasteiger partial charge >= 0.3 is 6.18 Å². The Morgan fingerprint density at radius 3 is 2.77 bits per heavy atom. The number of amides is 1. The predicted octanol–water partition coefficient (Wildman–Crippen LogP) is 4.38. The van der Waals surface area contributed by atoms with Crippen LogP contribution in [-0.2, 0) is 12.7 Å². The monoisotopic (exact) mass is 478 g/mol. The molecule has 11 heteroatoms. The highest BCUT2D eigenvalue weighted by molar-refractivity contribution is 6.07. The minimum Gasteiger partial charge on any atom is -0.488 e. The van der Waals surface area contributed by atoms with Crippen LogP contribution in [0.5, 0.6) is 5.75 Å². The van der Waals surface area contributed by atoms with Gasteiger partial charge in [0.2, 0.25) is 0 Å². The van der Waals surface area contributed by atoms with E-state index in [-0.39, 0.29) is 24.8 Å². The third-order valence-electron chi connectivity index (χ3n) is 5.63. The highest BCUT2D eigenvalue weighted by atomic mass is 19.4. The average molecular weight is 478 g/mol. The molecule has 2 aromatic heterocycles. The lowest BCUT2D eigenvalue weighted by atomic mass is 10.1. The number of anilines is 1. The smallest absolute Gasteiger partial charge is 0.416 e. The second kappa shape index (κ2) is 8.39. The number of fused-ring (bicyclic) bond motifs is 2. The minimum absolute atomic E-state index is 0.000635. The van der Waals surface area contributed by atoms with E-state index in [2.05, 4.69) is 15.1 Å². The summed E-state index contributed by atoms with van der Waals surface area (Å²) in [5.74, 6) is 0.350. The van der Waals surface area contributed by atoms with Gasteiger partial charge in [-0.1, -0.05) is 0 Å². The van der Waals surface area contributed by atoms with Crippen molar-refractivity contribution in [3.63, 3.8) is 0 Å². The number of nitriles is 1. The van der Waals surface area contributed by atoms with E-state index in [0.29, 0.717) is 40.3 Å². The molecule has 2 aromatic carbocycles. The molecule has 0 unspecified atom stereocenters. The normalized spacial score (nSPS) is 13.8. The number of nitrogens with zero attached hydrogens (tertiary/aromatic N) is 6. The molecule has 0 radical (unpaired) electrons. The molecule has 1 amide bonds. The molecule has 0 saturated carbocycles. The summed E-state index contributed by atoms with van der Waals surface area (Å²) in [5.41, 5.74) is 1.86. The topological polar surface area (TPSA) is 96.9 Å². The molecule has 0 saturated heterocycles. The number of carbonyl (C=O) groups excluding carboxylic acids is 1. The first-order chi connectivity index (χ1) is 16.7. The van der Waals surface area contributed by atoms with Gasteiger partial charge in [0.25, 0.3) is 5.91 Å². The van der Waals surface area contributed by atoms with Crippen LogP contribution in [0.4, 0.5) is 18.9 Å². The Labute approximate surface area is 197 Å². The molecule has 0 atom stereocenters. The second-order valence-electron chi connectivity index (χ2n) is 7.97. The van der Waals surface area contributed by atoms with Crippen molar-refractivity contribution in [1.82, 2.24) is 19.7 Å². The van der Waals surface area contributed by atoms with Gasteiger partial charge < -0.3 is 9.64 Å². The standard InChI is InChI=1S/C24H17F3N6O2/c1-14-10-15(22-29-12-16-11-17(24(25,26)27)3-4-18(16)30-22)2-5-19(14)33-8-9-35-20-13-32(7-6-28)31-21(20)23(33)34/h2-5,10-13H,7-9H2,1H3. The van der Waals surface area contributed by atoms with Crippen LogP contribution in [-0.4, -0.2) is 38.8 Å². The highest BCUT2D eigenvalue weighted by Gasteiger charge is 2.31. The molecule has 35 heavy (non-hydrogen) atoms. The molecule has 0 bridgehead atoms. The summed E-state index contributed by atoms with van der Waals surface area (Å²) < 4.78 is 45.9. The number of benzene rings is 2. The van der Waals surface area contributed by atoms with Crippen molar-refractivity contribution < 1.29 is 22.7 Å². The van der Waals surface area contributed by atoms with Crippen LogP contribution in [0.1, 0.15) is 21.6 Å². The Morgan fingerprint density at radius 2 is 2.03 bits per heavy atom. The number of halogens is 3. The van der Waals surface area contributed by atoms with Crippen LogP contribution < -0.4 is 9.64 Å².